The van der Waals surface area contributed by atoms with Crippen molar-refractivity contribution in [2.45, 2.75) is 38.3 Å². The third-order valence-electron chi connectivity index (χ3n) is 4.28. The number of aliphatic hydroxyl groups is 1. The molecule has 0 unspecified atom stereocenters. The van der Waals surface area contributed by atoms with Crippen LogP contribution in [0.4, 0.5) is 10.5 Å². The number of amides is 2. The van der Waals surface area contributed by atoms with E-state index in [1.807, 2.05) is 48.5 Å². The van der Waals surface area contributed by atoms with Crippen molar-refractivity contribution in [2.24, 2.45) is 0 Å². The molecule has 0 aliphatic heterocycles. The Hall–Kier alpha value is -2.33. The fourth-order valence-corrected chi connectivity index (χ4v) is 3.18. The molecule has 0 aromatic heterocycles. The number of fused-ring (bicyclic) bond motifs is 1. The smallest absolute Gasteiger partial charge is 0.319 e. The molecule has 0 fully saturated rings. The molecule has 4 nitrogen and oxygen atoms in total. The van der Waals surface area contributed by atoms with Crippen LogP contribution in [0.3, 0.4) is 0 Å². The number of hydrogen-bond acceptors (Lipinski definition) is 2. The Morgan fingerprint density at radius 1 is 1.17 bits per heavy atom. The molecule has 4 heteroatoms. The van der Waals surface area contributed by atoms with Gasteiger partial charge in [0.25, 0.3) is 0 Å². The van der Waals surface area contributed by atoms with Gasteiger partial charge in [-0.1, -0.05) is 55.8 Å². The summed E-state index contributed by atoms with van der Waals surface area (Å²) in [5.41, 5.74) is 4.04. The van der Waals surface area contributed by atoms with E-state index in [0.29, 0.717) is 6.42 Å². The maximum atomic E-state index is 12.3. The number of hydrogen-bond donors (Lipinski definition) is 3. The number of para-hydroxylation sites is 1. The molecule has 3 rings (SSSR count). The van der Waals surface area contributed by atoms with Gasteiger partial charge in [0.15, 0.2) is 0 Å². The molecule has 2 aromatic rings. The van der Waals surface area contributed by atoms with Crippen molar-refractivity contribution >= 4 is 11.7 Å². The standard InChI is InChI=1S/C19H22N2O2/c1-2-7-13-8-4-6-11-16(13)20-19(23)21-18-15-10-5-3-9-14(15)12-17(18)22/h3-6,8-11,17-18,22H,2,7,12H2,1H3,(H2,20,21,23)/t17-,18+/m0/s1. The Kier molecular flexibility index (Phi) is 4.63. The van der Waals surface area contributed by atoms with Gasteiger partial charge in [0.05, 0.1) is 12.1 Å². The first-order chi connectivity index (χ1) is 11.2. The molecule has 0 bridgehead atoms. The Bertz CT molecular complexity index is 699. The lowest BCUT2D eigenvalue weighted by Crippen LogP contribution is -2.37. The van der Waals surface area contributed by atoms with E-state index in [2.05, 4.69) is 17.6 Å². The van der Waals surface area contributed by atoms with Crippen molar-refractivity contribution in [3.05, 3.63) is 65.2 Å². The summed E-state index contributed by atoms with van der Waals surface area (Å²) in [4.78, 5) is 12.3. The number of carbonyl (C=O) groups excluding carboxylic acids is 1. The average molecular weight is 310 g/mol. The van der Waals surface area contributed by atoms with Crippen LogP contribution in [0.2, 0.25) is 0 Å². The summed E-state index contributed by atoms with van der Waals surface area (Å²) in [6.45, 7) is 2.11. The van der Waals surface area contributed by atoms with Gasteiger partial charge in [0.1, 0.15) is 0 Å². The lowest BCUT2D eigenvalue weighted by Gasteiger charge is -2.19. The summed E-state index contributed by atoms with van der Waals surface area (Å²) >= 11 is 0. The van der Waals surface area contributed by atoms with Gasteiger partial charge in [-0.25, -0.2) is 4.79 Å². The van der Waals surface area contributed by atoms with E-state index >= 15 is 0 Å². The molecule has 0 saturated carbocycles. The Morgan fingerprint density at radius 3 is 2.74 bits per heavy atom. The molecule has 1 aliphatic carbocycles. The number of rotatable bonds is 4. The van der Waals surface area contributed by atoms with Crippen molar-refractivity contribution in [1.82, 2.24) is 5.32 Å². The highest BCUT2D eigenvalue weighted by Crippen LogP contribution is 2.31. The highest BCUT2D eigenvalue weighted by Gasteiger charge is 2.31. The number of benzene rings is 2. The molecule has 0 radical (unpaired) electrons. The molecule has 1 aliphatic rings. The van der Waals surface area contributed by atoms with Crippen molar-refractivity contribution in [3.8, 4) is 0 Å². The SMILES string of the molecule is CCCc1ccccc1NC(=O)N[C@@H]1c2ccccc2C[C@@H]1O. The molecule has 0 heterocycles. The zero-order valence-electron chi connectivity index (χ0n) is 13.3. The second-order valence-corrected chi connectivity index (χ2v) is 5.95. The number of urea groups is 1. The third-order valence-corrected chi connectivity index (χ3v) is 4.28. The van der Waals surface area contributed by atoms with Gasteiger partial charge >= 0.3 is 6.03 Å². The van der Waals surface area contributed by atoms with Gasteiger partial charge < -0.3 is 15.7 Å². The van der Waals surface area contributed by atoms with Gasteiger partial charge in [-0.05, 0) is 29.2 Å². The van der Waals surface area contributed by atoms with E-state index in [0.717, 1.165) is 35.2 Å². The van der Waals surface area contributed by atoms with Crippen LogP contribution < -0.4 is 10.6 Å². The molecule has 2 atom stereocenters. The predicted octanol–water partition coefficient (Wildman–Crippen LogP) is 3.42. The molecular formula is C19H22N2O2. The maximum Gasteiger partial charge on any atom is 0.319 e. The van der Waals surface area contributed by atoms with Crippen LogP contribution >= 0.6 is 0 Å². The predicted molar refractivity (Wildman–Crippen MR) is 91.5 cm³/mol. The quantitative estimate of drug-likeness (QED) is 0.810. The fourth-order valence-electron chi connectivity index (χ4n) is 3.18. The molecule has 0 spiro atoms. The van der Waals surface area contributed by atoms with Crippen molar-refractivity contribution in [2.75, 3.05) is 5.32 Å². The van der Waals surface area contributed by atoms with Crippen LogP contribution in [0.15, 0.2) is 48.5 Å². The minimum atomic E-state index is -0.580. The molecule has 23 heavy (non-hydrogen) atoms. The lowest BCUT2D eigenvalue weighted by molar-refractivity contribution is 0.144. The van der Waals surface area contributed by atoms with Gasteiger partial charge in [0.2, 0.25) is 0 Å². The van der Waals surface area contributed by atoms with Crippen LogP contribution in [-0.2, 0) is 12.8 Å². The van der Waals surface area contributed by atoms with Crippen LogP contribution in [0.1, 0.15) is 36.1 Å². The lowest BCUT2D eigenvalue weighted by atomic mass is 10.1. The third kappa shape index (κ3) is 3.37. The molecule has 2 amide bonds. The van der Waals surface area contributed by atoms with Crippen molar-refractivity contribution in [3.63, 3.8) is 0 Å². The topological polar surface area (TPSA) is 61.4 Å². The number of carbonyl (C=O) groups is 1. The van der Waals surface area contributed by atoms with E-state index < -0.39 is 6.10 Å². The first-order valence-corrected chi connectivity index (χ1v) is 8.10. The highest BCUT2D eigenvalue weighted by atomic mass is 16.3. The van der Waals surface area contributed by atoms with Crippen LogP contribution in [-0.4, -0.2) is 17.2 Å². The molecule has 3 N–H and O–H groups in total. The highest BCUT2D eigenvalue weighted by molar-refractivity contribution is 5.90. The number of aryl methyl sites for hydroxylation is 1. The molecule has 120 valence electrons. The summed E-state index contributed by atoms with van der Waals surface area (Å²) < 4.78 is 0. The fraction of sp³-hybridized carbons (Fsp3) is 0.316. The van der Waals surface area contributed by atoms with Crippen molar-refractivity contribution in [1.29, 1.82) is 0 Å². The maximum absolute atomic E-state index is 12.3. The Labute approximate surface area is 136 Å². The summed E-state index contributed by atoms with van der Waals surface area (Å²) in [6.07, 6.45) is 1.94. The number of anilines is 1. The van der Waals surface area contributed by atoms with E-state index in [4.69, 9.17) is 0 Å². The van der Waals surface area contributed by atoms with E-state index in [-0.39, 0.29) is 12.1 Å². The largest absolute Gasteiger partial charge is 0.390 e. The van der Waals surface area contributed by atoms with Gasteiger partial charge in [-0.2, -0.15) is 0 Å². The second kappa shape index (κ2) is 6.84. The minimum absolute atomic E-state index is 0.283. The summed E-state index contributed by atoms with van der Waals surface area (Å²) in [6, 6.07) is 15.0. The summed E-state index contributed by atoms with van der Waals surface area (Å²) in [5, 5.41) is 16.0. The van der Waals surface area contributed by atoms with Crippen LogP contribution in [0.25, 0.3) is 0 Å². The normalized spacial score (nSPS) is 19.2. The van der Waals surface area contributed by atoms with Gasteiger partial charge in [0, 0.05) is 12.1 Å². The first-order valence-electron chi connectivity index (χ1n) is 8.10. The molecule has 2 aromatic carbocycles. The van der Waals surface area contributed by atoms with Crippen LogP contribution in [0, 0.1) is 0 Å². The average Bonchev–Trinajstić information content (AvgIpc) is 2.85. The number of nitrogens with one attached hydrogen (secondary N) is 2. The van der Waals surface area contributed by atoms with Gasteiger partial charge in [-0.15, -0.1) is 0 Å². The Balaban J connectivity index is 1.71. The summed E-state index contributed by atoms with van der Waals surface area (Å²) in [7, 11) is 0. The zero-order chi connectivity index (χ0) is 16.2. The molecule has 0 saturated heterocycles. The van der Waals surface area contributed by atoms with E-state index in [9.17, 15) is 9.90 Å². The second-order valence-electron chi connectivity index (χ2n) is 5.95. The van der Waals surface area contributed by atoms with E-state index in [1.165, 1.54) is 0 Å². The minimum Gasteiger partial charge on any atom is -0.390 e. The monoisotopic (exact) mass is 310 g/mol. The van der Waals surface area contributed by atoms with Crippen LogP contribution in [0.5, 0.6) is 0 Å². The van der Waals surface area contributed by atoms with Gasteiger partial charge in [-0.3, -0.25) is 0 Å². The first kappa shape index (κ1) is 15.6. The zero-order valence-corrected chi connectivity index (χ0v) is 13.3. The Morgan fingerprint density at radius 2 is 1.91 bits per heavy atom. The molecular weight excluding hydrogens is 288 g/mol. The number of aliphatic hydroxyl groups excluding tert-OH is 1. The summed E-state index contributed by atoms with van der Waals surface area (Å²) in [5.74, 6) is 0. The van der Waals surface area contributed by atoms with E-state index in [1.54, 1.807) is 0 Å². The van der Waals surface area contributed by atoms with Crippen molar-refractivity contribution < 1.29 is 9.90 Å².